The Morgan fingerprint density at radius 1 is 1.53 bits per heavy atom. The number of aliphatic carboxylic acids is 1. The fourth-order valence-electron chi connectivity index (χ4n) is 1.44. The monoisotopic (exact) mass is 270 g/mol. The zero-order valence-electron chi connectivity index (χ0n) is 10.3. The molecule has 1 heterocycles. The summed E-state index contributed by atoms with van der Waals surface area (Å²) in [5, 5.41) is 21.6. The Kier molecular flexibility index (Phi) is 5.04. The number of nitro groups is 1. The summed E-state index contributed by atoms with van der Waals surface area (Å²) in [6.07, 6.45) is 1.74. The van der Waals surface area contributed by atoms with Crippen LogP contribution < -0.4 is 5.32 Å². The van der Waals surface area contributed by atoms with Crippen molar-refractivity contribution in [3.8, 4) is 0 Å². The van der Waals surface area contributed by atoms with Crippen molar-refractivity contribution < 1.29 is 24.0 Å². The minimum absolute atomic E-state index is 0.283. The number of nitrogens with zero attached hydrogens (tertiary/aromatic N) is 1. The molecule has 8 nitrogen and oxygen atoms in total. The Morgan fingerprint density at radius 3 is 2.68 bits per heavy atom. The Hall–Kier alpha value is -2.38. The molecule has 1 atom stereocenters. The van der Waals surface area contributed by atoms with Crippen LogP contribution in [0, 0.1) is 10.1 Å². The van der Waals surface area contributed by atoms with Gasteiger partial charge in [-0.2, -0.15) is 0 Å². The molecular weight excluding hydrogens is 256 g/mol. The Balaban J connectivity index is 2.70. The van der Waals surface area contributed by atoms with E-state index in [1.807, 2.05) is 6.92 Å². The molecule has 0 bridgehead atoms. The molecule has 8 heteroatoms. The van der Waals surface area contributed by atoms with E-state index in [2.05, 4.69) is 9.73 Å². The van der Waals surface area contributed by atoms with E-state index in [1.165, 1.54) is 0 Å². The third-order valence-corrected chi connectivity index (χ3v) is 2.45. The van der Waals surface area contributed by atoms with E-state index >= 15 is 0 Å². The molecule has 2 N–H and O–H groups in total. The summed E-state index contributed by atoms with van der Waals surface area (Å²) in [5.74, 6) is -2.78. The van der Waals surface area contributed by atoms with Crippen molar-refractivity contribution in [2.45, 2.75) is 32.2 Å². The van der Waals surface area contributed by atoms with Crippen molar-refractivity contribution in [1.29, 1.82) is 0 Å². The molecule has 0 saturated heterocycles. The molecule has 0 spiro atoms. The predicted octanol–water partition coefficient (Wildman–Crippen LogP) is 1.56. The molecule has 0 fully saturated rings. The van der Waals surface area contributed by atoms with Gasteiger partial charge in [-0.05, 0) is 12.5 Å². The van der Waals surface area contributed by atoms with Crippen LogP contribution in [-0.4, -0.2) is 27.9 Å². The first-order chi connectivity index (χ1) is 8.95. The second-order valence-corrected chi connectivity index (χ2v) is 3.90. The Bertz CT molecular complexity index is 481. The standard InChI is InChI=1S/C11H14N2O6/c1-2-3-4-7(11(15)16)12-10(14)8-5-6-9(19-8)13(17)18/h5-7H,2-4H2,1H3,(H,12,14)(H,15,16). The first-order valence-electron chi connectivity index (χ1n) is 5.73. The maximum atomic E-state index is 11.7. The van der Waals surface area contributed by atoms with Crippen LogP contribution in [0.25, 0.3) is 0 Å². The lowest BCUT2D eigenvalue weighted by molar-refractivity contribution is -0.402. The van der Waals surface area contributed by atoms with Crippen molar-refractivity contribution in [2.24, 2.45) is 0 Å². The Labute approximate surface area is 108 Å². The molecule has 1 aromatic rings. The summed E-state index contributed by atoms with van der Waals surface area (Å²) < 4.78 is 4.69. The second-order valence-electron chi connectivity index (χ2n) is 3.90. The van der Waals surface area contributed by atoms with Gasteiger partial charge >= 0.3 is 11.9 Å². The van der Waals surface area contributed by atoms with Crippen molar-refractivity contribution in [1.82, 2.24) is 5.32 Å². The molecule has 0 aliphatic carbocycles. The van der Waals surface area contributed by atoms with Crippen LogP contribution in [0.2, 0.25) is 0 Å². The lowest BCUT2D eigenvalue weighted by Crippen LogP contribution is -2.40. The topological polar surface area (TPSA) is 123 Å². The number of hydrogen-bond donors (Lipinski definition) is 2. The molecule has 0 aliphatic heterocycles. The molecule has 0 radical (unpaired) electrons. The predicted molar refractivity (Wildman–Crippen MR) is 63.8 cm³/mol. The van der Waals surface area contributed by atoms with Crippen molar-refractivity contribution >= 4 is 17.8 Å². The van der Waals surface area contributed by atoms with Crippen LogP contribution in [-0.2, 0) is 4.79 Å². The van der Waals surface area contributed by atoms with Crippen LogP contribution in [0.15, 0.2) is 16.5 Å². The SMILES string of the molecule is CCCCC(NC(=O)c1ccc([N+](=O)[O-])o1)C(=O)O. The summed E-state index contributed by atoms with van der Waals surface area (Å²) in [5.41, 5.74) is 0. The van der Waals surface area contributed by atoms with Gasteiger partial charge in [0.2, 0.25) is 0 Å². The highest BCUT2D eigenvalue weighted by atomic mass is 16.6. The van der Waals surface area contributed by atoms with E-state index in [0.29, 0.717) is 12.8 Å². The number of unbranched alkanes of at least 4 members (excludes halogenated alkanes) is 1. The lowest BCUT2D eigenvalue weighted by atomic mass is 10.1. The molecular formula is C11H14N2O6. The smallest absolute Gasteiger partial charge is 0.433 e. The third kappa shape index (κ3) is 4.09. The van der Waals surface area contributed by atoms with E-state index in [4.69, 9.17) is 5.11 Å². The molecule has 1 unspecified atom stereocenters. The third-order valence-electron chi connectivity index (χ3n) is 2.45. The summed E-state index contributed by atoms with van der Waals surface area (Å²) in [7, 11) is 0. The van der Waals surface area contributed by atoms with Crippen LogP contribution in [0.1, 0.15) is 36.7 Å². The van der Waals surface area contributed by atoms with Gasteiger partial charge in [0, 0.05) is 0 Å². The minimum Gasteiger partial charge on any atom is -0.480 e. The lowest BCUT2D eigenvalue weighted by Gasteiger charge is -2.12. The van der Waals surface area contributed by atoms with Gasteiger partial charge in [0.15, 0.2) is 5.76 Å². The highest BCUT2D eigenvalue weighted by Gasteiger charge is 2.23. The molecule has 1 amide bonds. The van der Waals surface area contributed by atoms with E-state index in [1.54, 1.807) is 0 Å². The number of rotatable bonds is 7. The maximum Gasteiger partial charge on any atom is 0.433 e. The van der Waals surface area contributed by atoms with Crippen LogP contribution in [0.5, 0.6) is 0 Å². The number of carbonyl (C=O) groups is 2. The van der Waals surface area contributed by atoms with Gasteiger partial charge in [-0.25, -0.2) is 4.79 Å². The fraction of sp³-hybridized carbons (Fsp3) is 0.455. The van der Waals surface area contributed by atoms with Crippen molar-refractivity contribution in [2.75, 3.05) is 0 Å². The average molecular weight is 270 g/mol. The molecule has 1 rings (SSSR count). The van der Waals surface area contributed by atoms with E-state index < -0.39 is 28.7 Å². The molecule has 0 saturated carbocycles. The van der Waals surface area contributed by atoms with Gasteiger partial charge in [-0.15, -0.1) is 0 Å². The van der Waals surface area contributed by atoms with E-state index in [9.17, 15) is 19.7 Å². The first kappa shape index (κ1) is 14.7. The highest BCUT2D eigenvalue weighted by Crippen LogP contribution is 2.15. The van der Waals surface area contributed by atoms with Gasteiger partial charge in [0.1, 0.15) is 11.0 Å². The van der Waals surface area contributed by atoms with Gasteiger partial charge in [0.25, 0.3) is 5.91 Å². The van der Waals surface area contributed by atoms with Gasteiger partial charge < -0.3 is 14.8 Å². The minimum atomic E-state index is -1.15. The van der Waals surface area contributed by atoms with Crippen molar-refractivity contribution in [3.05, 3.63) is 28.0 Å². The number of carbonyl (C=O) groups excluding carboxylic acids is 1. The summed E-state index contributed by atoms with van der Waals surface area (Å²) in [6.45, 7) is 1.90. The largest absolute Gasteiger partial charge is 0.480 e. The number of furan rings is 1. The van der Waals surface area contributed by atoms with Crippen LogP contribution in [0.3, 0.4) is 0 Å². The van der Waals surface area contributed by atoms with E-state index in [0.717, 1.165) is 18.6 Å². The van der Waals surface area contributed by atoms with Crippen LogP contribution >= 0.6 is 0 Å². The van der Waals surface area contributed by atoms with Crippen molar-refractivity contribution in [3.63, 3.8) is 0 Å². The summed E-state index contributed by atoms with van der Waals surface area (Å²) in [6, 6.07) is 1.14. The molecule has 19 heavy (non-hydrogen) atoms. The molecule has 0 aliphatic rings. The van der Waals surface area contributed by atoms with Gasteiger partial charge in [0.05, 0.1) is 6.07 Å². The van der Waals surface area contributed by atoms with Crippen LogP contribution in [0.4, 0.5) is 5.88 Å². The fourth-order valence-corrected chi connectivity index (χ4v) is 1.44. The number of amides is 1. The normalized spacial score (nSPS) is 11.8. The average Bonchev–Trinajstić information content (AvgIpc) is 2.83. The molecule has 104 valence electrons. The molecule has 1 aromatic heterocycles. The van der Waals surface area contributed by atoms with Gasteiger partial charge in [-0.1, -0.05) is 19.8 Å². The zero-order chi connectivity index (χ0) is 14.4. The number of nitrogens with one attached hydrogen (secondary N) is 1. The molecule has 0 aromatic carbocycles. The number of hydrogen-bond acceptors (Lipinski definition) is 5. The van der Waals surface area contributed by atoms with E-state index in [-0.39, 0.29) is 5.76 Å². The summed E-state index contributed by atoms with van der Waals surface area (Å²) >= 11 is 0. The first-order valence-corrected chi connectivity index (χ1v) is 5.73. The maximum absolute atomic E-state index is 11.7. The summed E-state index contributed by atoms with van der Waals surface area (Å²) in [4.78, 5) is 32.2. The van der Waals surface area contributed by atoms with Gasteiger partial charge in [-0.3, -0.25) is 14.9 Å². The quantitative estimate of drug-likeness (QED) is 0.572. The highest BCUT2D eigenvalue weighted by molar-refractivity contribution is 5.94. The second kappa shape index (κ2) is 6.53. The zero-order valence-corrected chi connectivity index (χ0v) is 10.3. The number of carboxylic acids is 1. The Morgan fingerprint density at radius 2 is 2.21 bits per heavy atom. The number of carboxylic acid groups (broad SMARTS) is 1.